The van der Waals surface area contributed by atoms with Crippen LogP contribution in [-0.2, 0) is 9.53 Å². The molecule has 156 valence electrons. The van der Waals surface area contributed by atoms with E-state index < -0.39 is 6.04 Å². The Morgan fingerprint density at radius 3 is 2.55 bits per heavy atom. The SMILES string of the molecule is O=C(C(Nc1cccc(-c2nc3ccccc3s2)c1)c1ccccc1)N1CCOCC1. The van der Waals surface area contributed by atoms with Gasteiger partial charge in [-0.1, -0.05) is 54.6 Å². The molecule has 1 fully saturated rings. The van der Waals surface area contributed by atoms with E-state index in [2.05, 4.69) is 23.5 Å². The molecule has 1 aliphatic heterocycles. The Labute approximate surface area is 185 Å². The van der Waals surface area contributed by atoms with E-state index in [-0.39, 0.29) is 5.91 Å². The molecule has 4 aromatic rings. The number of benzene rings is 3. The van der Waals surface area contributed by atoms with E-state index in [0.29, 0.717) is 26.3 Å². The zero-order chi connectivity index (χ0) is 21.0. The molecule has 0 radical (unpaired) electrons. The number of carbonyl (C=O) groups excluding carboxylic acids is 1. The molecular formula is C25H23N3O2S. The molecule has 0 bridgehead atoms. The summed E-state index contributed by atoms with van der Waals surface area (Å²) in [5, 5.41) is 4.45. The molecule has 5 nitrogen and oxygen atoms in total. The molecule has 0 spiro atoms. The summed E-state index contributed by atoms with van der Waals surface area (Å²) in [5.74, 6) is 0.0693. The van der Waals surface area contributed by atoms with Crippen molar-refractivity contribution < 1.29 is 9.53 Å². The first-order valence-electron chi connectivity index (χ1n) is 10.4. The van der Waals surface area contributed by atoms with Crippen molar-refractivity contribution in [3.05, 3.63) is 84.4 Å². The smallest absolute Gasteiger partial charge is 0.249 e. The number of hydrogen-bond donors (Lipinski definition) is 1. The van der Waals surface area contributed by atoms with E-state index in [4.69, 9.17) is 9.72 Å². The minimum Gasteiger partial charge on any atom is -0.378 e. The first-order chi connectivity index (χ1) is 15.3. The lowest BCUT2D eigenvalue weighted by molar-refractivity contribution is -0.136. The Kier molecular flexibility index (Phi) is 5.65. The Hall–Kier alpha value is -3.22. The second kappa shape index (κ2) is 8.88. The van der Waals surface area contributed by atoms with Gasteiger partial charge in [-0.2, -0.15) is 0 Å². The van der Waals surface area contributed by atoms with Crippen LogP contribution in [0.4, 0.5) is 5.69 Å². The number of morpholine rings is 1. The molecule has 2 heterocycles. The third-order valence-electron chi connectivity index (χ3n) is 5.42. The molecule has 0 aliphatic carbocycles. The van der Waals surface area contributed by atoms with Crippen molar-refractivity contribution in [1.82, 2.24) is 9.88 Å². The number of aromatic nitrogens is 1. The van der Waals surface area contributed by atoms with Crippen molar-refractivity contribution in [1.29, 1.82) is 0 Å². The third-order valence-corrected chi connectivity index (χ3v) is 6.50. The highest BCUT2D eigenvalue weighted by atomic mass is 32.1. The number of thiazole rings is 1. The quantitative estimate of drug-likeness (QED) is 0.486. The minimum atomic E-state index is -0.454. The fraction of sp³-hybridized carbons (Fsp3) is 0.200. The Balaban J connectivity index is 1.45. The van der Waals surface area contributed by atoms with Crippen LogP contribution in [0.15, 0.2) is 78.9 Å². The summed E-state index contributed by atoms with van der Waals surface area (Å²) in [4.78, 5) is 20.0. The maximum Gasteiger partial charge on any atom is 0.249 e. The number of ether oxygens (including phenoxy) is 1. The van der Waals surface area contributed by atoms with Gasteiger partial charge in [-0.25, -0.2) is 4.98 Å². The van der Waals surface area contributed by atoms with Crippen LogP contribution >= 0.6 is 11.3 Å². The predicted molar refractivity (Wildman–Crippen MR) is 125 cm³/mol. The summed E-state index contributed by atoms with van der Waals surface area (Å²) in [6, 6.07) is 25.7. The van der Waals surface area contributed by atoms with Gasteiger partial charge in [0.15, 0.2) is 0 Å². The molecule has 31 heavy (non-hydrogen) atoms. The number of nitrogens with zero attached hydrogens (tertiary/aromatic N) is 2. The van der Waals surface area contributed by atoms with E-state index in [1.54, 1.807) is 11.3 Å². The molecule has 5 rings (SSSR count). The zero-order valence-corrected chi connectivity index (χ0v) is 17.8. The van der Waals surface area contributed by atoms with Crippen molar-refractivity contribution >= 4 is 33.1 Å². The summed E-state index contributed by atoms with van der Waals surface area (Å²) in [5.41, 5.74) is 3.89. The molecule has 1 unspecified atom stereocenters. The molecule has 1 aromatic heterocycles. The topological polar surface area (TPSA) is 54.5 Å². The van der Waals surface area contributed by atoms with Crippen LogP contribution in [0.5, 0.6) is 0 Å². The highest BCUT2D eigenvalue weighted by Gasteiger charge is 2.27. The van der Waals surface area contributed by atoms with Gasteiger partial charge in [-0.3, -0.25) is 4.79 Å². The zero-order valence-electron chi connectivity index (χ0n) is 17.0. The lowest BCUT2D eigenvalue weighted by atomic mass is 10.0. The van der Waals surface area contributed by atoms with Gasteiger partial charge in [0.25, 0.3) is 0 Å². The number of rotatable bonds is 5. The average molecular weight is 430 g/mol. The molecule has 0 saturated carbocycles. The van der Waals surface area contributed by atoms with Crippen LogP contribution < -0.4 is 5.32 Å². The van der Waals surface area contributed by atoms with E-state index in [9.17, 15) is 4.79 Å². The third kappa shape index (κ3) is 4.31. The summed E-state index contributed by atoms with van der Waals surface area (Å²) >= 11 is 1.68. The minimum absolute atomic E-state index is 0.0693. The Morgan fingerprint density at radius 2 is 1.74 bits per heavy atom. The lowest BCUT2D eigenvalue weighted by Crippen LogP contribution is -2.44. The molecule has 1 amide bonds. The van der Waals surface area contributed by atoms with Crippen molar-refractivity contribution in [2.45, 2.75) is 6.04 Å². The fourth-order valence-electron chi connectivity index (χ4n) is 3.80. The fourth-order valence-corrected chi connectivity index (χ4v) is 4.77. The van der Waals surface area contributed by atoms with Gasteiger partial charge in [0.05, 0.1) is 23.4 Å². The average Bonchev–Trinajstić information content (AvgIpc) is 3.28. The van der Waals surface area contributed by atoms with Crippen LogP contribution in [-0.4, -0.2) is 42.1 Å². The van der Waals surface area contributed by atoms with Gasteiger partial charge >= 0.3 is 0 Å². The van der Waals surface area contributed by atoms with Crippen molar-refractivity contribution in [3.63, 3.8) is 0 Å². The predicted octanol–water partition coefficient (Wildman–Crippen LogP) is 4.98. The molecule has 6 heteroatoms. The van der Waals surface area contributed by atoms with Gasteiger partial charge in [0.2, 0.25) is 5.91 Å². The highest BCUT2D eigenvalue weighted by molar-refractivity contribution is 7.21. The number of amides is 1. The van der Waals surface area contributed by atoms with E-state index >= 15 is 0 Å². The number of para-hydroxylation sites is 1. The first kappa shape index (κ1) is 19.7. The number of fused-ring (bicyclic) bond motifs is 1. The maximum atomic E-state index is 13.4. The number of nitrogens with one attached hydrogen (secondary N) is 1. The van der Waals surface area contributed by atoms with E-state index in [1.807, 2.05) is 65.6 Å². The van der Waals surface area contributed by atoms with Crippen molar-refractivity contribution in [3.8, 4) is 10.6 Å². The summed E-state index contributed by atoms with van der Waals surface area (Å²) in [7, 11) is 0. The molecule has 3 aromatic carbocycles. The largest absolute Gasteiger partial charge is 0.378 e. The molecule has 1 aliphatic rings. The lowest BCUT2D eigenvalue weighted by Gasteiger charge is -2.31. The van der Waals surface area contributed by atoms with E-state index in [1.165, 1.54) is 4.70 Å². The van der Waals surface area contributed by atoms with Crippen molar-refractivity contribution in [2.75, 3.05) is 31.6 Å². The van der Waals surface area contributed by atoms with Gasteiger partial charge in [0, 0.05) is 24.3 Å². The second-order valence-corrected chi connectivity index (χ2v) is 8.52. The van der Waals surface area contributed by atoms with Gasteiger partial charge in [-0.15, -0.1) is 11.3 Å². The standard InChI is InChI=1S/C25H23N3O2S/c29-25(28-13-15-30-16-14-28)23(18-7-2-1-3-8-18)26-20-10-6-9-19(17-20)24-27-21-11-4-5-12-22(21)31-24/h1-12,17,23,26H,13-16H2. The molecular weight excluding hydrogens is 406 g/mol. The molecule has 1 saturated heterocycles. The molecule has 1 N–H and O–H groups in total. The van der Waals surface area contributed by atoms with Crippen LogP contribution in [0.3, 0.4) is 0 Å². The monoisotopic (exact) mass is 429 g/mol. The number of anilines is 1. The van der Waals surface area contributed by atoms with Gasteiger partial charge in [-0.05, 0) is 29.8 Å². The van der Waals surface area contributed by atoms with E-state index in [0.717, 1.165) is 27.3 Å². The van der Waals surface area contributed by atoms with Crippen LogP contribution in [0.1, 0.15) is 11.6 Å². The highest BCUT2D eigenvalue weighted by Crippen LogP contribution is 2.32. The number of carbonyl (C=O) groups is 1. The first-order valence-corrected chi connectivity index (χ1v) is 11.2. The summed E-state index contributed by atoms with van der Waals surface area (Å²) in [6.07, 6.45) is 0. The number of hydrogen-bond acceptors (Lipinski definition) is 5. The summed E-state index contributed by atoms with van der Waals surface area (Å²) in [6.45, 7) is 2.41. The van der Waals surface area contributed by atoms with Crippen LogP contribution in [0.25, 0.3) is 20.8 Å². The van der Waals surface area contributed by atoms with Gasteiger partial charge < -0.3 is 15.0 Å². The maximum absolute atomic E-state index is 13.4. The Morgan fingerprint density at radius 1 is 0.968 bits per heavy atom. The van der Waals surface area contributed by atoms with Gasteiger partial charge in [0.1, 0.15) is 11.0 Å². The van der Waals surface area contributed by atoms with Crippen molar-refractivity contribution in [2.24, 2.45) is 0 Å². The Bertz CT molecular complexity index is 1150. The normalized spacial score (nSPS) is 15.0. The molecule has 1 atom stereocenters. The second-order valence-electron chi connectivity index (χ2n) is 7.49. The summed E-state index contributed by atoms with van der Waals surface area (Å²) < 4.78 is 6.59. The van der Waals surface area contributed by atoms with Crippen LogP contribution in [0, 0.1) is 0 Å². The van der Waals surface area contributed by atoms with Crippen LogP contribution in [0.2, 0.25) is 0 Å².